The summed E-state index contributed by atoms with van der Waals surface area (Å²) in [4.78, 5) is 11.5. The molecule has 0 radical (unpaired) electrons. The molecule has 6 nitrogen and oxygen atoms in total. The van der Waals surface area contributed by atoms with Crippen LogP contribution in [0.2, 0.25) is 5.02 Å². The van der Waals surface area contributed by atoms with Gasteiger partial charge in [-0.05, 0) is 31.0 Å². The van der Waals surface area contributed by atoms with Gasteiger partial charge in [-0.3, -0.25) is 4.79 Å². The van der Waals surface area contributed by atoms with E-state index in [1.165, 1.54) is 4.31 Å². The minimum absolute atomic E-state index is 0.105. The zero-order valence-corrected chi connectivity index (χ0v) is 14.3. The topological polar surface area (TPSA) is 83.9 Å². The van der Waals surface area contributed by atoms with Crippen molar-refractivity contribution in [3.05, 3.63) is 29.0 Å². The highest BCUT2D eigenvalue weighted by Crippen LogP contribution is 2.46. The Labute approximate surface area is 144 Å². The van der Waals surface area contributed by atoms with Crippen molar-refractivity contribution < 1.29 is 27.4 Å². The van der Waals surface area contributed by atoms with Gasteiger partial charge in [0.05, 0.1) is 15.8 Å². The summed E-state index contributed by atoms with van der Waals surface area (Å²) >= 11 is 5.68. The fourth-order valence-corrected chi connectivity index (χ4v) is 5.34. The molecule has 2 heterocycles. The van der Waals surface area contributed by atoms with Crippen molar-refractivity contribution >= 4 is 27.6 Å². The van der Waals surface area contributed by atoms with Crippen LogP contribution in [0.1, 0.15) is 12.8 Å². The van der Waals surface area contributed by atoms with Crippen molar-refractivity contribution in [2.45, 2.75) is 17.7 Å². The summed E-state index contributed by atoms with van der Waals surface area (Å²) in [5.41, 5.74) is -0.624. The van der Waals surface area contributed by atoms with E-state index in [1.807, 2.05) is 0 Å². The lowest BCUT2D eigenvalue weighted by Crippen LogP contribution is -2.40. The largest absolute Gasteiger partial charge is 0.481 e. The second-order valence-electron chi connectivity index (χ2n) is 6.24. The van der Waals surface area contributed by atoms with Crippen molar-refractivity contribution in [1.29, 1.82) is 0 Å². The van der Waals surface area contributed by atoms with Crippen LogP contribution in [-0.2, 0) is 19.6 Å². The number of hydrogen-bond donors (Lipinski definition) is 1. The molecule has 2 aliphatic heterocycles. The first kappa shape index (κ1) is 17.6. The Morgan fingerprint density at radius 2 is 2.04 bits per heavy atom. The molecule has 2 aliphatic rings. The monoisotopic (exact) mass is 377 g/mol. The number of carboxylic acid groups (broad SMARTS) is 1. The molecule has 0 saturated carbocycles. The van der Waals surface area contributed by atoms with Crippen LogP contribution < -0.4 is 0 Å². The molecule has 0 aliphatic carbocycles. The van der Waals surface area contributed by atoms with Crippen LogP contribution in [0.15, 0.2) is 23.1 Å². The first-order valence-electron chi connectivity index (χ1n) is 7.52. The summed E-state index contributed by atoms with van der Waals surface area (Å²) in [7, 11) is -3.94. The van der Waals surface area contributed by atoms with E-state index < -0.39 is 33.1 Å². The minimum Gasteiger partial charge on any atom is -0.481 e. The van der Waals surface area contributed by atoms with Crippen molar-refractivity contribution in [1.82, 2.24) is 4.31 Å². The Morgan fingerprint density at radius 1 is 1.38 bits per heavy atom. The highest BCUT2D eigenvalue weighted by molar-refractivity contribution is 7.89. The molecule has 0 bridgehead atoms. The predicted molar refractivity (Wildman–Crippen MR) is 83.8 cm³/mol. The molecular formula is C15H17ClFNO5S. The number of carbonyl (C=O) groups is 1. The van der Waals surface area contributed by atoms with Crippen LogP contribution in [0.5, 0.6) is 0 Å². The van der Waals surface area contributed by atoms with Crippen molar-refractivity contribution in [3.8, 4) is 0 Å². The number of carboxylic acids is 1. The average Bonchev–Trinajstić information content (AvgIpc) is 2.90. The van der Waals surface area contributed by atoms with E-state index >= 15 is 0 Å². The number of nitrogens with zero attached hydrogens (tertiary/aromatic N) is 1. The lowest BCUT2D eigenvalue weighted by molar-refractivity contribution is -0.146. The molecule has 1 aromatic rings. The number of aliphatic carboxylic acids is 1. The number of hydrogen-bond acceptors (Lipinski definition) is 4. The maximum atomic E-state index is 13.3. The highest BCUT2D eigenvalue weighted by atomic mass is 35.5. The molecule has 3 rings (SSSR count). The molecule has 132 valence electrons. The minimum atomic E-state index is -3.94. The van der Waals surface area contributed by atoms with Crippen LogP contribution >= 0.6 is 11.6 Å². The third kappa shape index (κ3) is 2.92. The zero-order valence-electron chi connectivity index (χ0n) is 12.7. The second-order valence-corrected chi connectivity index (χ2v) is 8.58. The summed E-state index contributed by atoms with van der Waals surface area (Å²) in [5, 5.41) is 9.25. The van der Waals surface area contributed by atoms with Gasteiger partial charge >= 0.3 is 5.97 Å². The van der Waals surface area contributed by atoms with Gasteiger partial charge in [0.1, 0.15) is 5.82 Å². The Balaban J connectivity index is 1.94. The summed E-state index contributed by atoms with van der Waals surface area (Å²) in [6, 6.07) is 3.18. The summed E-state index contributed by atoms with van der Waals surface area (Å²) in [6.07, 6.45) is 1.00. The van der Waals surface area contributed by atoms with Crippen LogP contribution in [0.3, 0.4) is 0 Å². The van der Waals surface area contributed by atoms with Gasteiger partial charge in [0.25, 0.3) is 0 Å². The van der Waals surface area contributed by atoms with E-state index in [0.29, 0.717) is 26.1 Å². The Morgan fingerprint density at radius 3 is 2.62 bits per heavy atom. The Kier molecular flexibility index (Phi) is 4.59. The van der Waals surface area contributed by atoms with E-state index in [2.05, 4.69) is 0 Å². The van der Waals surface area contributed by atoms with E-state index in [1.54, 1.807) is 0 Å². The van der Waals surface area contributed by atoms with Gasteiger partial charge in [-0.15, -0.1) is 0 Å². The van der Waals surface area contributed by atoms with Gasteiger partial charge in [-0.25, -0.2) is 12.8 Å². The maximum absolute atomic E-state index is 13.3. The Bertz CT molecular complexity index is 763. The van der Waals surface area contributed by atoms with Gasteiger partial charge in [0, 0.05) is 31.7 Å². The molecule has 1 atom stereocenters. The molecule has 1 N–H and O–H groups in total. The SMILES string of the molecule is O=C(O)C1CN(S(=O)(=O)c2ccc(F)c(Cl)c2)CC12CCOCC2. The first-order valence-corrected chi connectivity index (χ1v) is 9.34. The first-order chi connectivity index (χ1) is 11.3. The van der Waals surface area contributed by atoms with Crippen LogP contribution in [-0.4, -0.2) is 50.1 Å². The maximum Gasteiger partial charge on any atom is 0.308 e. The number of halogens is 2. The molecule has 1 spiro atoms. The van der Waals surface area contributed by atoms with Crippen molar-refractivity contribution in [2.24, 2.45) is 11.3 Å². The van der Waals surface area contributed by atoms with E-state index in [-0.39, 0.29) is 23.0 Å². The second kappa shape index (κ2) is 6.25. The summed E-state index contributed by atoms with van der Waals surface area (Å²) in [6.45, 7) is 0.845. The van der Waals surface area contributed by atoms with E-state index in [4.69, 9.17) is 16.3 Å². The van der Waals surface area contributed by atoms with Crippen LogP contribution in [0, 0.1) is 17.2 Å². The molecule has 1 unspecified atom stereocenters. The number of ether oxygens (including phenoxy) is 1. The third-order valence-corrected chi connectivity index (χ3v) is 7.03. The van der Waals surface area contributed by atoms with Crippen molar-refractivity contribution in [3.63, 3.8) is 0 Å². The summed E-state index contributed by atoms with van der Waals surface area (Å²) in [5.74, 6) is -2.50. The van der Waals surface area contributed by atoms with Gasteiger partial charge in [-0.2, -0.15) is 4.31 Å². The lowest BCUT2D eigenvalue weighted by Gasteiger charge is -2.36. The molecule has 2 fully saturated rings. The van der Waals surface area contributed by atoms with Crippen LogP contribution in [0.25, 0.3) is 0 Å². The quantitative estimate of drug-likeness (QED) is 0.870. The molecule has 24 heavy (non-hydrogen) atoms. The number of benzene rings is 1. The fourth-order valence-electron chi connectivity index (χ4n) is 3.52. The van der Waals surface area contributed by atoms with E-state index in [9.17, 15) is 22.7 Å². The Hall–Kier alpha value is -1.22. The van der Waals surface area contributed by atoms with Crippen LogP contribution in [0.4, 0.5) is 4.39 Å². The summed E-state index contributed by atoms with van der Waals surface area (Å²) < 4.78 is 45.4. The highest BCUT2D eigenvalue weighted by Gasteiger charge is 2.53. The molecule has 1 aromatic carbocycles. The predicted octanol–water partition coefficient (Wildman–Crippen LogP) is 1.98. The molecule has 2 saturated heterocycles. The van der Waals surface area contributed by atoms with Crippen molar-refractivity contribution in [2.75, 3.05) is 26.3 Å². The standard InChI is InChI=1S/C15H17ClFNO5S/c16-12-7-10(1-2-13(12)17)24(21,22)18-8-11(14(19)20)15(9-18)3-5-23-6-4-15/h1-2,7,11H,3-6,8-9H2,(H,19,20). The molecular weight excluding hydrogens is 361 g/mol. The molecule has 9 heteroatoms. The third-order valence-electron chi connectivity index (χ3n) is 4.93. The van der Waals surface area contributed by atoms with Gasteiger partial charge in [-0.1, -0.05) is 11.6 Å². The molecule has 0 amide bonds. The van der Waals surface area contributed by atoms with Gasteiger partial charge in [0.2, 0.25) is 10.0 Å². The fraction of sp³-hybridized carbons (Fsp3) is 0.533. The van der Waals surface area contributed by atoms with E-state index in [0.717, 1.165) is 18.2 Å². The zero-order chi connectivity index (χ0) is 17.5. The normalized spacial score (nSPS) is 24.3. The smallest absolute Gasteiger partial charge is 0.308 e. The van der Waals surface area contributed by atoms with Gasteiger partial charge < -0.3 is 9.84 Å². The lowest BCUT2D eigenvalue weighted by atomic mass is 9.72. The number of rotatable bonds is 3. The average molecular weight is 378 g/mol. The number of sulfonamides is 1. The molecule has 0 aromatic heterocycles. The van der Waals surface area contributed by atoms with Gasteiger partial charge in [0.15, 0.2) is 0 Å².